The number of nitrogens with two attached hydrogens (primary N) is 1. The van der Waals surface area contributed by atoms with E-state index < -0.39 is 11.9 Å². The number of aryl methyl sites for hydroxylation is 1. The van der Waals surface area contributed by atoms with Crippen molar-refractivity contribution < 1.29 is 14.7 Å². The van der Waals surface area contributed by atoms with E-state index in [9.17, 15) is 9.59 Å². The number of carbonyl (C=O) groups excluding carboxylic acids is 1. The lowest BCUT2D eigenvalue weighted by molar-refractivity contribution is 0.0689. The SMILES string of the molecule is Cc1cc(C(N)=O)cnc1C(=O)O. The van der Waals surface area contributed by atoms with Gasteiger partial charge in [-0.05, 0) is 18.6 Å². The van der Waals surface area contributed by atoms with E-state index in [-0.39, 0.29) is 11.3 Å². The third-order valence-corrected chi connectivity index (χ3v) is 1.57. The molecule has 1 aromatic rings. The van der Waals surface area contributed by atoms with Crippen LogP contribution in [0.1, 0.15) is 26.4 Å². The first-order valence-corrected chi connectivity index (χ1v) is 3.52. The van der Waals surface area contributed by atoms with Gasteiger partial charge in [0.2, 0.25) is 5.91 Å². The summed E-state index contributed by atoms with van der Waals surface area (Å²) in [6.45, 7) is 1.56. The molecule has 68 valence electrons. The van der Waals surface area contributed by atoms with E-state index in [2.05, 4.69) is 4.98 Å². The zero-order valence-corrected chi connectivity index (χ0v) is 6.94. The number of hydrogen-bond donors (Lipinski definition) is 2. The molecule has 1 aromatic heterocycles. The Balaban J connectivity index is 3.20. The lowest BCUT2D eigenvalue weighted by Gasteiger charge is -2.00. The Labute approximate surface area is 74.2 Å². The molecule has 1 rings (SSSR count). The van der Waals surface area contributed by atoms with Crippen LogP contribution in [-0.4, -0.2) is 22.0 Å². The van der Waals surface area contributed by atoms with Crippen LogP contribution in [0.3, 0.4) is 0 Å². The monoisotopic (exact) mass is 180 g/mol. The van der Waals surface area contributed by atoms with Gasteiger partial charge in [-0.2, -0.15) is 0 Å². The number of primary amides is 1. The molecule has 1 amide bonds. The fraction of sp³-hybridized carbons (Fsp3) is 0.125. The van der Waals surface area contributed by atoms with Crippen LogP contribution < -0.4 is 5.73 Å². The average Bonchev–Trinajstić information content (AvgIpc) is 2.03. The third kappa shape index (κ3) is 1.81. The summed E-state index contributed by atoms with van der Waals surface area (Å²) >= 11 is 0. The summed E-state index contributed by atoms with van der Waals surface area (Å²) in [6.07, 6.45) is 1.15. The van der Waals surface area contributed by atoms with Gasteiger partial charge >= 0.3 is 5.97 Å². The number of carboxylic acid groups (broad SMARTS) is 1. The fourth-order valence-corrected chi connectivity index (χ4v) is 0.933. The van der Waals surface area contributed by atoms with Crippen molar-refractivity contribution in [3.8, 4) is 0 Å². The molecule has 0 aromatic carbocycles. The summed E-state index contributed by atoms with van der Waals surface area (Å²) in [4.78, 5) is 24.8. The van der Waals surface area contributed by atoms with Crippen LogP contribution in [0.2, 0.25) is 0 Å². The lowest BCUT2D eigenvalue weighted by Crippen LogP contribution is -2.13. The molecule has 1 heterocycles. The van der Waals surface area contributed by atoms with Crippen LogP contribution in [-0.2, 0) is 0 Å². The van der Waals surface area contributed by atoms with E-state index in [1.807, 2.05) is 0 Å². The Morgan fingerprint density at radius 1 is 1.54 bits per heavy atom. The van der Waals surface area contributed by atoms with Gasteiger partial charge in [-0.25, -0.2) is 9.78 Å². The molecule has 0 saturated carbocycles. The number of hydrogen-bond acceptors (Lipinski definition) is 3. The Morgan fingerprint density at radius 2 is 2.15 bits per heavy atom. The van der Waals surface area contributed by atoms with E-state index in [1.54, 1.807) is 6.92 Å². The second-order valence-corrected chi connectivity index (χ2v) is 2.56. The highest BCUT2D eigenvalue weighted by atomic mass is 16.4. The molecule has 13 heavy (non-hydrogen) atoms. The minimum Gasteiger partial charge on any atom is -0.477 e. The first-order valence-electron chi connectivity index (χ1n) is 3.52. The van der Waals surface area contributed by atoms with Gasteiger partial charge < -0.3 is 10.8 Å². The highest BCUT2D eigenvalue weighted by Crippen LogP contribution is 2.06. The van der Waals surface area contributed by atoms with E-state index in [4.69, 9.17) is 10.8 Å². The lowest BCUT2D eigenvalue weighted by atomic mass is 10.1. The molecule has 3 N–H and O–H groups in total. The summed E-state index contributed by atoms with van der Waals surface area (Å²) in [6, 6.07) is 1.40. The van der Waals surface area contributed by atoms with Crippen molar-refractivity contribution in [1.82, 2.24) is 4.98 Å². The molecule has 0 aliphatic rings. The maximum absolute atomic E-state index is 10.7. The van der Waals surface area contributed by atoms with Crippen LogP contribution >= 0.6 is 0 Å². The van der Waals surface area contributed by atoms with Crippen LogP contribution in [0.15, 0.2) is 12.3 Å². The van der Waals surface area contributed by atoms with Crippen LogP contribution in [0.25, 0.3) is 0 Å². The Kier molecular flexibility index (Phi) is 2.27. The Bertz CT molecular complexity index is 374. The molecule has 0 aliphatic carbocycles. The number of amides is 1. The van der Waals surface area contributed by atoms with Crippen molar-refractivity contribution in [1.29, 1.82) is 0 Å². The standard InChI is InChI=1S/C8H8N2O3/c1-4-2-5(7(9)11)3-10-6(4)8(12)13/h2-3H,1H3,(H2,9,11)(H,12,13). The van der Waals surface area contributed by atoms with Crippen molar-refractivity contribution >= 4 is 11.9 Å². The molecular weight excluding hydrogens is 172 g/mol. The number of nitrogens with zero attached hydrogens (tertiary/aromatic N) is 1. The molecular formula is C8H8N2O3. The number of aromatic nitrogens is 1. The summed E-state index contributed by atoms with van der Waals surface area (Å²) in [7, 11) is 0. The highest BCUT2D eigenvalue weighted by Gasteiger charge is 2.10. The molecule has 5 heteroatoms. The molecule has 0 saturated heterocycles. The van der Waals surface area contributed by atoms with Crippen LogP contribution in [0, 0.1) is 6.92 Å². The second kappa shape index (κ2) is 3.22. The van der Waals surface area contributed by atoms with Crippen LogP contribution in [0.5, 0.6) is 0 Å². The maximum Gasteiger partial charge on any atom is 0.354 e. The average molecular weight is 180 g/mol. The number of pyridine rings is 1. The largest absolute Gasteiger partial charge is 0.477 e. The van der Waals surface area contributed by atoms with Crippen molar-refractivity contribution in [3.05, 3.63) is 29.1 Å². The molecule has 0 fully saturated rings. The van der Waals surface area contributed by atoms with Gasteiger partial charge in [0, 0.05) is 6.20 Å². The van der Waals surface area contributed by atoms with E-state index in [0.717, 1.165) is 6.20 Å². The first-order chi connectivity index (χ1) is 6.02. The van der Waals surface area contributed by atoms with Gasteiger partial charge in [0.05, 0.1) is 5.56 Å². The maximum atomic E-state index is 10.7. The molecule has 0 atom stereocenters. The van der Waals surface area contributed by atoms with Crippen molar-refractivity contribution in [3.63, 3.8) is 0 Å². The number of aromatic carboxylic acids is 1. The predicted molar refractivity (Wildman–Crippen MR) is 44.5 cm³/mol. The number of carboxylic acids is 1. The normalized spacial score (nSPS) is 9.62. The zero-order chi connectivity index (χ0) is 10.0. The van der Waals surface area contributed by atoms with E-state index in [0.29, 0.717) is 5.56 Å². The second-order valence-electron chi connectivity index (χ2n) is 2.56. The summed E-state index contributed by atoms with van der Waals surface area (Å²) in [5.74, 6) is -1.74. The minimum atomic E-state index is -1.12. The summed E-state index contributed by atoms with van der Waals surface area (Å²) in [5.41, 5.74) is 5.55. The van der Waals surface area contributed by atoms with Crippen molar-refractivity contribution in [2.45, 2.75) is 6.92 Å². The van der Waals surface area contributed by atoms with Gasteiger partial charge in [0.15, 0.2) is 5.69 Å². The molecule has 0 bridgehead atoms. The van der Waals surface area contributed by atoms with Gasteiger partial charge in [-0.15, -0.1) is 0 Å². The first kappa shape index (κ1) is 9.18. The summed E-state index contributed by atoms with van der Waals surface area (Å²) < 4.78 is 0. The zero-order valence-electron chi connectivity index (χ0n) is 6.94. The quantitative estimate of drug-likeness (QED) is 0.679. The fourth-order valence-electron chi connectivity index (χ4n) is 0.933. The minimum absolute atomic E-state index is 0.0648. The van der Waals surface area contributed by atoms with E-state index >= 15 is 0 Å². The molecule has 0 aliphatic heterocycles. The number of carbonyl (C=O) groups is 2. The summed E-state index contributed by atoms with van der Waals surface area (Å²) in [5, 5.41) is 8.62. The highest BCUT2D eigenvalue weighted by molar-refractivity contribution is 5.94. The third-order valence-electron chi connectivity index (χ3n) is 1.57. The van der Waals surface area contributed by atoms with E-state index in [1.165, 1.54) is 6.07 Å². The van der Waals surface area contributed by atoms with Gasteiger partial charge in [-0.3, -0.25) is 4.79 Å². The van der Waals surface area contributed by atoms with Crippen molar-refractivity contribution in [2.24, 2.45) is 5.73 Å². The predicted octanol–water partition coefficient (Wildman–Crippen LogP) is 0.187. The molecule has 0 unspecified atom stereocenters. The molecule has 0 radical (unpaired) electrons. The van der Waals surface area contributed by atoms with Gasteiger partial charge in [0.25, 0.3) is 0 Å². The smallest absolute Gasteiger partial charge is 0.354 e. The van der Waals surface area contributed by atoms with Gasteiger partial charge in [0.1, 0.15) is 0 Å². The number of rotatable bonds is 2. The molecule has 0 spiro atoms. The Hall–Kier alpha value is -1.91. The van der Waals surface area contributed by atoms with Crippen LogP contribution in [0.4, 0.5) is 0 Å². The van der Waals surface area contributed by atoms with Gasteiger partial charge in [-0.1, -0.05) is 0 Å². The topological polar surface area (TPSA) is 93.3 Å². The van der Waals surface area contributed by atoms with Crippen molar-refractivity contribution in [2.75, 3.05) is 0 Å². The molecule has 5 nitrogen and oxygen atoms in total. The Morgan fingerprint density at radius 3 is 2.54 bits per heavy atom.